The van der Waals surface area contributed by atoms with Gasteiger partial charge in [0, 0.05) is 29.9 Å². The standard InChI is InChI=1S/C19H24N2O2S/c1-13(2)17-10-9-16(18(22)20-17)19(23)21(4)11-12-24-15-7-5-14(3)6-8-15/h5-10,13H,11-12H2,1-4H3,(H,20,22). The summed E-state index contributed by atoms with van der Waals surface area (Å²) in [6.45, 7) is 6.65. The zero-order valence-corrected chi connectivity index (χ0v) is 15.4. The van der Waals surface area contributed by atoms with Crippen molar-refractivity contribution >= 4 is 17.7 Å². The smallest absolute Gasteiger partial charge is 0.261 e. The van der Waals surface area contributed by atoms with Crippen molar-refractivity contribution in [3.63, 3.8) is 0 Å². The van der Waals surface area contributed by atoms with Crippen LogP contribution in [0.3, 0.4) is 0 Å². The number of carbonyl (C=O) groups excluding carboxylic acids is 1. The summed E-state index contributed by atoms with van der Waals surface area (Å²) in [6, 6.07) is 11.8. The highest BCUT2D eigenvalue weighted by molar-refractivity contribution is 7.99. The SMILES string of the molecule is Cc1ccc(SCCN(C)C(=O)c2ccc(C(C)C)[nH]c2=O)cc1. The van der Waals surface area contributed by atoms with Crippen LogP contribution >= 0.6 is 11.8 Å². The molecule has 0 aliphatic carbocycles. The first-order valence-electron chi connectivity index (χ1n) is 8.06. The number of benzene rings is 1. The molecule has 0 saturated heterocycles. The van der Waals surface area contributed by atoms with Gasteiger partial charge in [-0.3, -0.25) is 9.59 Å². The van der Waals surface area contributed by atoms with Crippen LogP contribution in [0.25, 0.3) is 0 Å². The predicted molar refractivity (Wildman–Crippen MR) is 100 cm³/mol. The average molecular weight is 344 g/mol. The molecule has 1 aromatic carbocycles. The van der Waals surface area contributed by atoms with Crippen LogP contribution in [-0.2, 0) is 0 Å². The Morgan fingerprint density at radius 3 is 2.42 bits per heavy atom. The van der Waals surface area contributed by atoms with Gasteiger partial charge in [-0.15, -0.1) is 11.8 Å². The molecule has 0 radical (unpaired) electrons. The lowest BCUT2D eigenvalue weighted by Gasteiger charge is -2.17. The van der Waals surface area contributed by atoms with E-state index in [-0.39, 0.29) is 22.9 Å². The van der Waals surface area contributed by atoms with Crippen LogP contribution in [0.1, 0.15) is 41.4 Å². The van der Waals surface area contributed by atoms with Crippen molar-refractivity contribution in [2.75, 3.05) is 19.3 Å². The molecule has 0 unspecified atom stereocenters. The van der Waals surface area contributed by atoms with Crippen molar-refractivity contribution in [1.29, 1.82) is 0 Å². The summed E-state index contributed by atoms with van der Waals surface area (Å²) in [7, 11) is 1.73. The number of rotatable bonds is 6. The summed E-state index contributed by atoms with van der Waals surface area (Å²) in [4.78, 5) is 30.1. The average Bonchev–Trinajstić information content (AvgIpc) is 2.55. The van der Waals surface area contributed by atoms with Gasteiger partial charge >= 0.3 is 0 Å². The number of aromatic nitrogens is 1. The molecule has 0 fully saturated rings. The Bertz CT molecular complexity index is 751. The summed E-state index contributed by atoms with van der Waals surface area (Å²) in [6.07, 6.45) is 0. The molecule has 0 saturated carbocycles. The number of nitrogens with zero attached hydrogens (tertiary/aromatic N) is 1. The molecule has 0 atom stereocenters. The number of aryl methyl sites for hydroxylation is 1. The number of H-pyrrole nitrogens is 1. The summed E-state index contributed by atoms with van der Waals surface area (Å²) in [5.41, 5.74) is 1.95. The molecule has 0 spiro atoms. The van der Waals surface area contributed by atoms with Crippen molar-refractivity contribution < 1.29 is 4.79 Å². The van der Waals surface area contributed by atoms with E-state index in [4.69, 9.17) is 0 Å². The van der Waals surface area contributed by atoms with Crippen molar-refractivity contribution in [1.82, 2.24) is 9.88 Å². The van der Waals surface area contributed by atoms with Crippen LogP contribution in [-0.4, -0.2) is 35.1 Å². The van der Waals surface area contributed by atoms with Gasteiger partial charge in [-0.25, -0.2) is 0 Å². The fourth-order valence-corrected chi connectivity index (χ4v) is 3.17. The fraction of sp³-hybridized carbons (Fsp3) is 0.368. The third kappa shape index (κ3) is 4.74. The van der Waals surface area contributed by atoms with Gasteiger partial charge in [0.15, 0.2) is 0 Å². The molecule has 0 aliphatic rings. The second kappa shape index (κ2) is 8.20. The van der Waals surface area contributed by atoms with E-state index in [9.17, 15) is 9.59 Å². The molecule has 0 bridgehead atoms. The van der Waals surface area contributed by atoms with Gasteiger partial charge < -0.3 is 9.88 Å². The maximum absolute atomic E-state index is 12.4. The van der Waals surface area contributed by atoms with E-state index in [1.165, 1.54) is 10.5 Å². The zero-order valence-electron chi connectivity index (χ0n) is 14.6. The Morgan fingerprint density at radius 1 is 1.17 bits per heavy atom. The van der Waals surface area contributed by atoms with Gasteiger partial charge in [0.2, 0.25) is 0 Å². The lowest BCUT2D eigenvalue weighted by atomic mass is 10.1. The lowest BCUT2D eigenvalue weighted by molar-refractivity contribution is 0.0802. The van der Waals surface area contributed by atoms with Crippen LogP contribution in [0.15, 0.2) is 46.1 Å². The predicted octanol–water partition coefficient (Wildman–Crippen LogP) is 3.67. The Balaban J connectivity index is 1.94. The first kappa shape index (κ1) is 18.3. The summed E-state index contributed by atoms with van der Waals surface area (Å²) >= 11 is 1.70. The summed E-state index contributed by atoms with van der Waals surface area (Å²) in [5, 5.41) is 0. The molecule has 128 valence electrons. The Kier molecular flexibility index (Phi) is 6.26. The molecular weight excluding hydrogens is 320 g/mol. The molecule has 0 aliphatic heterocycles. The second-order valence-electron chi connectivity index (χ2n) is 6.20. The van der Waals surface area contributed by atoms with E-state index in [1.54, 1.807) is 29.8 Å². The fourth-order valence-electron chi connectivity index (χ4n) is 2.24. The highest BCUT2D eigenvalue weighted by atomic mass is 32.2. The highest BCUT2D eigenvalue weighted by Crippen LogP contribution is 2.18. The number of hydrogen-bond donors (Lipinski definition) is 1. The van der Waals surface area contributed by atoms with Crippen molar-refractivity contribution in [3.05, 3.63) is 63.6 Å². The number of amides is 1. The molecule has 5 heteroatoms. The number of pyridine rings is 1. The number of hydrogen-bond acceptors (Lipinski definition) is 3. The van der Waals surface area contributed by atoms with Gasteiger partial charge in [-0.05, 0) is 37.1 Å². The Morgan fingerprint density at radius 2 is 1.83 bits per heavy atom. The molecular formula is C19H24N2O2S. The van der Waals surface area contributed by atoms with E-state index >= 15 is 0 Å². The molecule has 1 aromatic heterocycles. The number of aromatic amines is 1. The van der Waals surface area contributed by atoms with E-state index in [0.717, 1.165) is 11.4 Å². The normalized spacial score (nSPS) is 10.9. The molecule has 1 N–H and O–H groups in total. The van der Waals surface area contributed by atoms with Gasteiger partial charge in [0.1, 0.15) is 5.56 Å². The maximum atomic E-state index is 12.4. The first-order chi connectivity index (χ1) is 11.4. The highest BCUT2D eigenvalue weighted by Gasteiger charge is 2.16. The number of nitrogens with one attached hydrogen (secondary N) is 1. The minimum absolute atomic E-state index is 0.197. The van der Waals surface area contributed by atoms with Crippen molar-refractivity contribution in [3.8, 4) is 0 Å². The molecule has 4 nitrogen and oxygen atoms in total. The zero-order chi connectivity index (χ0) is 17.7. The molecule has 24 heavy (non-hydrogen) atoms. The minimum atomic E-state index is -0.316. The van der Waals surface area contributed by atoms with E-state index in [1.807, 2.05) is 19.9 Å². The largest absolute Gasteiger partial charge is 0.341 e. The monoisotopic (exact) mass is 344 g/mol. The molecule has 1 amide bonds. The maximum Gasteiger partial charge on any atom is 0.261 e. The lowest BCUT2D eigenvalue weighted by Crippen LogP contribution is -2.33. The van der Waals surface area contributed by atoms with Crippen LogP contribution in [0.5, 0.6) is 0 Å². The van der Waals surface area contributed by atoms with Gasteiger partial charge in [0.05, 0.1) is 0 Å². The van der Waals surface area contributed by atoms with E-state index in [0.29, 0.717) is 6.54 Å². The molecule has 2 rings (SSSR count). The Labute approximate surface area is 147 Å². The second-order valence-corrected chi connectivity index (χ2v) is 7.37. The summed E-state index contributed by atoms with van der Waals surface area (Å²) in [5.74, 6) is 0.773. The molecule has 2 aromatic rings. The third-order valence-corrected chi connectivity index (χ3v) is 4.84. The summed E-state index contributed by atoms with van der Waals surface area (Å²) < 4.78 is 0. The van der Waals surface area contributed by atoms with Crippen molar-refractivity contribution in [2.24, 2.45) is 0 Å². The minimum Gasteiger partial charge on any atom is -0.341 e. The van der Waals surface area contributed by atoms with Crippen LogP contribution in [0.2, 0.25) is 0 Å². The van der Waals surface area contributed by atoms with Crippen LogP contribution in [0.4, 0.5) is 0 Å². The van der Waals surface area contributed by atoms with Gasteiger partial charge in [-0.2, -0.15) is 0 Å². The Hall–Kier alpha value is -2.01. The van der Waals surface area contributed by atoms with Crippen molar-refractivity contribution in [2.45, 2.75) is 31.6 Å². The van der Waals surface area contributed by atoms with E-state index < -0.39 is 0 Å². The third-order valence-electron chi connectivity index (χ3n) is 3.85. The number of carbonyl (C=O) groups is 1. The van der Waals surface area contributed by atoms with Gasteiger partial charge in [-0.1, -0.05) is 31.5 Å². The number of thioether (sulfide) groups is 1. The quantitative estimate of drug-likeness (QED) is 0.814. The first-order valence-corrected chi connectivity index (χ1v) is 9.05. The topological polar surface area (TPSA) is 53.2 Å². The molecule has 1 heterocycles. The van der Waals surface area contributed by atoms with Gasteiger partial charge in [0.25, 0.3) is 11.5 Å². The van der Waals surface area contributed by atoms with Crippen LogP contribution < -0.4 is 5.56 Å². The van der Waals surface area contributed by atoms with E-state index in [2.05, 4.69) is 36.2 Å². The van der Waals surface area contributed by atoms with Crippen LogP contribution in [0, 0.1) is 6.92 Å².